The van der Waals surface area contributed by atoms with Crippen molar-refractivity contribution in [2.24, 2.45) is 0 Å². The summed E-state index contributed by atoms with van der Waals surface area (Å²) in [6, 6.07) is 12.6. The highest BCUT2D eigenvalue weighted by molar-refractivity contribution is 5.93. The fourth-order valence-electron chi connectivity index (χ4n) is 3.34. The number of rotatable bonds is 5. The topological polar surface area (TPSA) is 34.0 Å². The van der Waals surface area contributed by atoms with E-state index in [0.717, 1.165) is 27.7 Å². The number of fused-ring (bicyclic) bond motifs is 1. The lowest BCUT2D eigenvalue weighted by molar-refractivity contribution is -0.116. The molecule has 136 valence electrons. The van der Waals surface area contributed by atoms with Crippen molar-refractivity contribution in [3.8, 4) is 0 Å². The van der Waals surface area contributed by atoms with E-state index in [9.17, 15) is 9.18 Å². The molecule has 0 aliphatic heterocycles. The van der Waals surface area contributed by atoms with Gasteiger partial charge in [-0.3, -0.25) is 4.79 Å². The average Bonchev–Trinajstić information content (AvgIpc) is 2.96. The van der Waals surface area contributed by atoms with Crippen molar-refractivity contribution in [1.29, 1.82) is 0 Å². The molecule has 0 bridgehead atoms. The van der Waals surface area contributed by atoms with E-state index in [0.29, 0.717) is 11.8 Å². The molecule has 0 aliphatic rings. The van der Waals surface area contributed by atoms with Crippen LogP contribution in [0.5, 0.6) is 0 Å². The van der Waals surface area contributed by atoms with E-state index in [2.05, 4.69) is 45.1 Å². The molecule has 0 radical (unpaired) electrons. The molecule has 0 spiro atoms. The number of amides is 1. The number of halogens is 1. The summed E-state index contributed by atoms with van der Waals surface area (Å²) in [4.78, 5) is 12.7. The van der Waals surface area contributed by atoms with Crippen molar-refractivity contribution < 1.29 is 9.18 Å². The Morgan fingerprint density at radius 3 is 2.31 bits per heavy atom. The number of benzene rings is 2. The van der Waals surface area contributed by atoms with E-state index in [1.807, 2.05) is 22.9 Å². The van der Waals surface area contributed by atoms with Gasteiger partial charge in [0.05, 0.1) is 0 Å². The first-order valence-electron chi connectivity index (χ1n) is 9.04. The molecule has 26 heavy (non-hydrogen) atoms. The smallest absolute Gasteiger partial charge is 0.244 e. The van der Waals surface area contributed by atoms with Gasteiger partial charge in [0, 0.05) is 22.8 Å². The van der Waals surface area contributed by atoms with Crippen LogP contribution in [0.25, 0.3) is 10.9 Å². The molecule has 0 saturated heterocycles. The predicted octanol–water partition coefficient (Wildman–Crippen LogP) is 5.67. The van der Waals surface area contributed by atoms with Crippen LogP contribution in [0, 0.1) is 5.82 Å². The summed E-state index contributed by atoms with van der Waals surface area (Å²) < 4.78 is 15.2. The Labute approximate surface area is 153 Å². The van der Waals surface area contributed by atoms with Crippen LogP contribution in [0.4, 0.5) is 10.1 Å². The summed E-state index contributed by atoms with van der Waals surface area (Å²) in [5.74, 6) is 0.285. The van der Waals surface area contributed by atoms with Crippen molar-refractivity contribution in [2.75, 3.05) is 5.32 Å². The maximum absolute atomic E-state index is 13.3. The molecule has 0 atom stereocenters. The van der Waals surface area contributed by atoms with Gasteiger partial charge in [0.2, 0.25) is 5.91 Å². The van der Waals surface area contributed by atoms with E-state index in [1.54, 1.807) is 6.07 Å². The largest absolute Gasteiger partial charge is 0.338 e. The SMILES string of the molecule is CC(C)c1cccc(C(C)C)c1NC(=O)Cn1ccc2cc(F)ccc21. The molecular formula is C22H25FN2O. The molecule has 3 aromatic rings. The monoisotopic (exact) mass is 352 g/mol. The molecule has 3 nitrogen and oxygen atoms in total. The van der Waals surface area contributed by atoms with Crippen LogP contribution in [-0.4, -0.2) is 10.5 Å². The molecular weight excluding hydrogens is 327 g/mol. The van der Waals surface area contributed by atoms with Gasteiger partial charge < -0.3 is 9.88 Å². The first-order valence-corrected chi connectivity index (χ1v) is 9.04. The zero-order valence-electron chi connectivity index (χ0n) is 15.7. The number of hydrogen-bond donors (Lipinski definition) is 1. The average molecular weight is 352 g/mol. The molecule has 0 unspecified atom stereocenters. The lowest BCUT2D eigenvalue weighted by Gasteiger charge is -2.20. The molecule has 3 rings (SSSR count). The Balaban J connectivity index is 1.88. The molecule has 1 N–H and O–H groups in total. The van der Waals surface area contributed by atoms with Crippen molar-refractivity contribution >= 4 is 22.5 Å². The maximum atomic E-state index is 13.3. The summed E-state index contributed by atoms with van der Waals surface area (Å²) >= 11 is 0. The van der Waals surface area contributed by atoms with Crippen LogP contribution in [0.1, 0.15) is 50.7 Å². The van der Waals surface area contributed by atoms with Gasteiger partial charge in [-0.2, -0.15) is 0 Å². The Morgan fingerprint density at radius 2 is 1.69 bits per heavy atom. The number of hydrogen-bond acceptors (Lipinski definition) is 1. The summed E-state index contributed by atoms with van der Waals surface area (Å²) in [7, 11) is 0. The number of carbonyl (C=O) groups excluding carboxylic acids is 1. The lowest BCUT2D eigenvalue weighted by Crippen LogP contribution is -2.20. The fourth-order valence-corrected chi connectivity index (χ4v) is 3.34. The Kier molecular flexibility index (Phi) is 5.12. The van der Waals surface area contributed by atoms with Crippen LogP contribution in [0.3, 0.4) is 0 Å². The van der Waals surface area contributed by atoms with E-state index < -0.39 is 0 Å². The van der Waals surface area contributed by atoms with E-state index >= 15 is 0 Å². The number of aromatic nitrogens is 1. The molecule has 4 heteroatoms. The highest BCUT2D eigenvalue weighted by Crippen LogP contribution is 2.32. The molecule has 0 aliphatic carbocycles. The van der Waals surface area contributed by atoms with Crippen LogP contribution >= 0.6 is 0 Å². The second-order valence-corrected chi connectivity index (χ2v) is 7.32. The van der Waals surface area contributed by atoms with Gasteiger partial charge in [-0.1, -0.05) is 45.9 Å². The Bertz CT molecular complexity index is 914. The molecule has 0 fully saturated rings. The minimum absolute atomic E-state index is 0.0816. The van der Waals surface area contributed by atoms with Gasteiger partial charge in [0.1, 0.15) is 12.4 Å². The Morgan fingerprint density at radius 1 is 1.04 bits per heavy atom. The highest BCUT2D eigenvalue weighted by Gasteiger charge is 2.16. The molecule has 0 saturated carbocycles. The van der Waals surface area contributed by atoms with Crippen LogP contribution < -0.4 is 5.32 Å². The number of anilines is 1. The molecule has 1 aromatic heterocycles. The summed E-state index contributed by atoms with van der Waals surface area (Å²) in [5.41, 5.74) is 4.06. The zero-order chi connectivity index (χ0) is 18.8. The molecule has 1 amide bonds. The van der Waals surface area contributed by atoms with Crippen LogP contribution in [0.2, 0.25) is 0 Å². The van der Waals surface area contributed by atoms with Crippen molar-refractivity contribution in [1.82, 2.24) is 4.57 Å². The van der Waals surface area contributed by atoms with Gasteiger partial charge >= 0.3 is 0 Å². The second-order valence-electron chi connectivity index (χ2n) is 7.32. The summed E-state index contributed by atoms with van der Waals surface area (Å²) in [6.45, 7) is 8.71. The number of para-hydroxylation sites is 1. The van der Waals surface area contributed by atoms with E-state index in [1.165, 1.54) is 12.1 Å². The van der Waals surface area contributed by atoms with Crippen LogP contribution in [0.15, 0.2) is 48.7 Å². The third-order valence-electron chi connectivity index (χ3n) is 4.68. The maximum Gasteiger partial charge on any atom is 0.244 e. The fraction of sp³-hybridized carbons (Fsp3) is 0.318. The number of carbonyl (C=O) groups is 1. The first kappa shape index (κ1) is 18.2. The lowest BCUT2D eigenvalue weighted by atomic mass is 9.92. The predicted molar refractivity (Wildman–Crippen MR) is 105 cm³/mol. The van der Waals surface area contributed by atoms with E-state index in [-0.39, 0.29) is 18.3 Å². The normalized spacial score (nSPS) is 11.5. The van der Waals surface area contributed by atoms with E-state index in [4.69, 9.17) is 0 Å². The van der Waals surface area contributed by atoms with Gasteiger partial charge in [0.15, 0.2) is 0 Å². The summed E-state index contributed by atoms with van der Waals surface area (Å²) in [5, 5.41) is 3.92. The summed E-state index contributed by atoms with van der Waals surface area (Å²) in [6.07, 6.45) is 1.82. The standard InChI is InChI=1S/C22H25FN2O/c1-14(2)18-6-5-7-19(15(3)4)22(18)24-21(26)13-25-11-10-16-12-17(23)8-9-20(16)25/h5-12,14-15H,13H2,1-4H3,(H,24,26). The van der Waals surface area contributed by atoms with Crippen molar-refractivity contribution in [3.63, 3.8) is 0 Å². The van der Waals surface area contributed by atoms with Gasteiger partial charge in [-0.15, -0.1) is 0 Å². The van der Waals surface area contributed by atoms with Gasteiger partial charge in [-0.25, -0.2) is 4.39 Å². The number of nitrogens with zero attached hydrogens (tertiary/aromatic N) is 1. The van der Waals surface area contributed by atoms with Crippen molar-refractivity contribution in [3.05, 3.63) is 65.6 Å². The highest BCUT2D eigenvalue weighted by atomic mass is 19.1. The van der Waals surface area contributed by atoms with Crippen molar-refractivity contribution in [2.45, 2.75) is 46.1 Å². The quantitative estimate of drug-likeness (QED) is 0.631. The zero-order valence-corrected chi connectivity index (χ0v) is 15.7. The van der Waals surface area contributed by atoms with Gasteiger partial charge in [0.25, 0.3) is 0 Å². The minimum atomic E-state index is -0.271. The third kappa shape index (κ3) is 3.64. The number of nitrogens with one attached hydrogen (secondary N) is 1. The van der Waals surface area contributed by atoms with Crippen LogP contribution in [-0.2, 0) is 11.3 Å². The Hall–Kier alpha value is -2.62. The molecule has 2 aromatic carbocycles. The molecule has 1 heterocycles. The van der Waals surface area contributed by atoms with Gasteiger partial charge in [-0.05, 0) is 47.2 Å². The first-order chi connectivity index (χ1) is 12.4. The second kappa shape index (κ2) is 7.32. The minimum Gasteiger partial charge on any atom is -0.338 e. The third-order valence-corrected chi connectivity index (χ3v) is 4.68.